The Kier molecular flexibility index (Phi) is 5.01. The summed E-state index contributed by atoms with van der Waals surface area (Å²) in [6, 6.07) is 5.58. The number of hydrogen-bond acceptors (Lipinski definition) is 2. The molecule has 0 heterocycles. The van der Waals surface area contributed by atoms with Gasteiger partial charge in [0.1, 0.15) is 0 Å². The van der Waals surface area contributed by atoms with Crippen molar-refractivity contribution in [2.75, 3.05) is 0 Å². The molecule has 1 rings (SSSR count). The molecule has 0 saturated carbocycles. The van der Waals surface area contributed by atoms with E-state index in [1.807, 2.05) is 13.0 Å². The first kappa shape index (κ1) is 15.6. The number of rotatable bonds is 3. The highest BCUT2D eigenvalue weighted by atomic mass is 79.9. The van der Waals surface area contributed by atoms with Gasteiger partial charge in [-0.05, 0) is 18.6 Å². The first-order chi connectivity index (χ1) is 8.81. The van der Waals surface area contributed by atoms with E-state index in [0.717, 1.165) is 6.07 Å². The van der Waals surface area contributed by atoms with Crippen molar-refractivity contribution in [2.24, 2.45) is 5.73 Å². The van der Waals surface area contributed by atoms with Crippen LogP contribution >= 0.6 is 15.9 Å². The molecule has 0 spiro atoms. The summed E-state index contributed by atoms with van der Waals surface area (Å²) in [5.41, 5.74) is 4.80. The van der Waals surface area contributed by atoms with E-state index in [0.29, 0.717) is 17.3 Å². The topological polar surface area (TPSA) is 49.8 Å². The first-order valence-electron chi connectivity index (χ1n) is 5.57. The minimum atomic E-state index is -4.52. The van der Waals surface area contributed by atoms with Gasteiger partial charge in [-0.25, -0.2) is 0 Å². The Bertz CT molecular complexity index is 542. The standard InChI is InChI=1S/C13H12BrF3N2/c1-2-3-8(7-18)12(19)10-5-4-9(14)6-11(10)13(15,16)17/h4-6H,2-3,19H2,1H3/b12-8-. The van der Waals surface area contributed by atoms with Gasteiger partial charge in [-0.2, -0.15) is 18.4 Å². The molecule has 0 aliphatic rings. The molecule has 1 aromatic carbocycles. The van der Waals surface area contributed by atoms with E-state index < -0.39 is 11.7 Å². The van der Waals surface area contributed by atoms with Crippen LogP contribution < -0.4 is 5.73 Å². The van der Waals surface area contributed by atoms with E-state index in [2.05, 4.69) is 15.9 Å². The fourth-order valence-corrected chi connectivity index (χ4v) is 2.01. The first-order valence-corrected chi connectivity index (χ1v) is 6.36. The summed E-state index contributed by atoms with van der Waals surface area (Å²) in [5.74, 6) is 0. The largest absolute Gasteiger partial charge is 0.417 e. The highest BCUT2D eigenvalue weighted by Crippen LogP contribution is 2.36. The van der Waals surface area contributed by atoms with Gasteiger partial charge in [0.15, 0.2) is 0 Å². The number of nitriles is 1. The van der Waals surface area contributed by atoms with E-state index >= 15 is 0 Å². The zero-order valence-corrected chi connectivity index (χ0v) is 11.8. The molecule has 19 heavy (non-hydrogen) atoms. The Hall–Kier alpha value is -1.48. The lowest BCUT2D eigenvalue weighted by molar-refractivity contribution is -0.137. The third-order valence-electron chi connectivity index (χ3n) is 2.54. The summed E-state index contributed by atoms with van der Waals surface area (Å²) < 4.78 is 39.2. The Morgan fingerprint density at radius 2 is 2.05 bits per heavy atom. The molecule has 0 aromatic heterocycles. The number of benzene rings is 1. The van der Waals surface area contributed by atoms with E-state index in [4.69, 9.17) is 11.0 Å². The van der Waals surface area contributed by atoms with Crippen molar-refractivity contribution in [2.45, 2.75) is 25.9 Å². The monoisotopic (exact) mass is 332 g/mol. The summed E-state index contributed by atoms with van der Waals surface area (Å²) in [6.45, 7) is 1.83. The van der Waals surface area contributed by atoms with Gasteiger partial charge in [0.2, 0.25) is 0 Å². The molecule has 0 atom stereocenters. The second-order valence-corrected chi connectivity index (χ2v) is 4.86. The number of halogens is 4. The van der Waals surface area contributed by atoms with Crippen LogP contribution in [-0.4, -0.2) is 0 Å². The van der Waals surface area contributed by atoms with Gasteiger partial charge in [-0.3, -0.25) is 0 Å². The molecule has 0 saturated heterocycles. The van der Waals surface area contributed by atoms with Gasteiger partial charge in [0.05, 0.1) is 22.9 Å². The van der Waals surface area contributed by atoms with Crippen LogP contribution in [-0.2, 0) is 6.18 Å². The quantitative estimate of drug-likeness (QED) is 0.830. The minimum Gasteiger partial charge on any atom is -0.397 e. The lowest BCUT2D eigenvalue weighted by Gasteiger charge is -2.14. The maximum Gasteiger partial charge on any atom is 0.417 e. The molecule has 102 valence electrons. The molecule has 0 amide bonds. The van der Waals surface area contributed by atoms with Crippen molar-refractivity contribution in [1.82, 2.24) is 0 Å². The molecular formula is C13H12BrF3N2. The number of nitrogens with zero attached hydrogens (tertiary/aromatic N) is 1. The maximum atomic E-state index is 13.0. The molecule has 2 N–H and O–H groups in total. The SMILES string of the molecule is CCC/C(C#N)=C(/N)c1ccc(Br)cc1C(F)(F)F. The predicted octanol–water partition coefficient (Wildman–Crippen LogP) is 4.46. The lowest BCUT2D eigenvalue weighted by Crippen LogP contribution is -2.12. The molecule has 0 radical (unpaired) electrons. The number of hydrogen-bond donors (Lipinski definition) is 1. The van der Waals surface area contributed by atoms with Gasteiger partial charge < -0.3 is 5.73 Å². The van der Waals surface area contributed by atoms with Crippen molar-refractivity contribution < 1.29 is 13.2 Å². The smallest absolute Gasteiger partial charge is 0.397 e. The Labute approximate surface area is 117 Å². The van der Waals surface area contributed by atoms with E-state index in [9.17, 15) is 13.2 Å². The van der Waals surface area contributed by atoms with Gasteiger partial charge >= 0.3 is 6.18 Å². The molecule has 0 fully saturated rings. The number of allylic oxidation sites excluding steroid dienone is 1. The summed E-state index contributed by atoms with van der Waals surface area (Å²) >= 11 is 3.00. The lowest BCUT2D eigenvalue weighted by atomic mass is 9.99. The summed E-state index contributed by atoms with van der Waals surface area (Å²) in [6.07, 6.45) is -3.52. The van der Waals surface area contributed by atoms with Gasteiger partial charge in [-0.15, -0.1) is 0 Å². The van der Waals surface area contributed by atoms with Crippen molar-refractivity contribution in [3.63, 3.8) is 0 Å². The van der Waals surface area contributed by atoms with Crippen LogP contribution in [0.15, 0.2) is 28.2 Å². The highest BCUT2D eigenvalue weighted by Gasteiger charge is 2.34. The normalized spacial score (nSPS) is 12.8. The third-order valence-corrected chi connectivity index (χ3v) is 3.03. The van der Waals surface area contributed by atoms with Crippen molar-refractivity contribution in [1.29, 1.82) is 5.26 Å². The molecular weight excluding hydrogens is 321 g/mol. The summed E-state index contributed by atoms with van der Waals surface area (Å²) in [5, 5.41) is 8.96. The number of nitrogens with two attached hydrogens (primary N) is 1. The molecule has 6 heteroatoms. The third kappa shape index (κ3) is 3.74. The maximum absolute atomic E-state index is 13.0. The van der Waals surface area contributed by atoms with E-state index in [1.165, 1.54) is 12.1 Å². The highest BCUT2D eigenvalue weighted by molar-refractivity contribution is 9.10. The summed E-state index contributed by atoms with van der Waals surface area (Å²) in [4.78, 5) is 0. The Morgan fingerprint density at radius 3 is 2.53 bits per heavy atom. The van der Waals surface area contributed by atoms with Crippen LogP contribution in [0, 0.1) is 11.3 Å². The van der Waals surface area contributed by atoms with Crippen LogP contribution in [0.25, 0.3) is 5.70 Å². The number of alkyl halides is 3. The van der Waals surface area contributed by atoms with Crippen LogP contribution in [0.1, 0.15) is 30.9 Å². The zero-order chi connectivity index (χ0) is 14.6. The minimum absolute atomic E-state index is 0.107. The molecule has 2 nitrogen and oxygen atoms in total. The van der Waals surface area contributed by atoms with Gasteiger partial charge in [0.25, 0.3) is 0 Å². The van der Waals surface area contributed by atoms with Gasteiger partial charge in [-0.1, -0.05) is 35.3 Å². The average molecular weight is 333 g/mol. The van der Waals surface area contributed by atoms with E-state index in [1.54, 1.807) is 0 Å². The van der Waals surface area contributed by atoms with Crippen molar-refractivity contribution in [3.8, 4) is 6.07 Å². The molecule has 1 aromatic rings. The van der Waals surface area contributed by atoms with Crippen LogP contribution in [0.2, 0.25) is 0 Å². The fourth-order valence-electron chi connectivity index (χ4n) is 1.65. The summed E-state index contributed by atoms with van der Waals surface area (Å²) in [7, 11) is 0. The van der Waals surface area contributed by atoms with E-state index in [-0.39, 0.29) is 16.8 Å². The molecule has 0 aliphatic carbocycles. The zero-order valence-electron chi connectivity index (χ0n) is 10.2. The van der Waals surface area contributed by atoms with Crippen LogP contribution in [0.5, 0.6) is 0 Å². The fraction of sp³-hybridized carbons (Fsp3) is 0.308. The Morgan fingerprint density at radius 1 is 1.42 bits per heavy atom. The van der Waals surface area contributed by atoms with Crippen molar-refractivity contribution in [3.05, 3.63) is 39.4 Å². The average Bonchev–Trinajstić information content (AvgIpc) is 2.34. The van der Waals surface area contributed by atoms with Gasteiger partial charge in [0, 0.05) is 10.0 Å². The molecule has 0 aliphatic heterocycles. The molecule has 0 bridgehead atoms. The predicted molar refractivity (Wildman–Crippen MR) is 70.8 cm³/mol. The molecule has 0 unspecified atom stereocenters. The Balaban J connectivity index is 3.47. The second-order valence-electron chi connectivity index (χ2n) is 3.94. The van der Waals surface area contributed by atoms with Crippen molar-refractivity contribution >= 4 is 21.6 Å². The van der Waals surface area contributed by atoms with Crippen LogP contribution in [0.3, 0.4) is 0 Å². The van der Waals surface area contributed by atoms with Crippen LogP contribution in [0.4, 0.5) is 13.2 Å². The second kappa shape index (κ2) is 6.11.